The minimum atomic E-state index is -0.0205. The number of hydrogen-bond acceptors (Lipinski definition) is 4. The molecule has 20 heavy (non-hydrogen) atoms. The van der Waals surface area contributed by atoms with Gasteiger partial charge in [-0.1, -0.05) is 26.2 Å². The van der Waals surface area contributed by atoms with E-state index in [4.69, 9.17) is 0 Å². The highest BCUT2D eigenvalue weighted by atomic mass is 32.1. The Hall–Kier alpha value is -1.20. The van der Waals surface area contributed by atoms with Gasteiger partial charge in [-0.3, -0.25) is 4.79 Å². The number of nitrogens with one attached hydrogen (secondary N) is 2. The Morgan fingerprint density at radius 3 is 3.15 bits per heavy atom. The Balaban J connectivity index is 1.60. The van der Waals surface area contributed by atoms with Crippen molar-refractivity contribution in [2.45, 2.75) is 39.2 Å². The van der Waals surface area contributed by atoms with Gasteiger partial charge in [0.25, 0.3) is 5.56 Å². The second-order valence-electron chi connectivity index (χ2n) is 5.80. The van der Waals surface area contributed by atoms with Crippen LogP contribution in [-0.2, 0) is 6.54 Å². The lowest BCUT2D eigenvalue weighted by Gasteiger charge is -2.28. The standard InChI is InChI=1S/C15H21N3OS/c1-10-4-2-3-5-11(10)8-16-9-13-17-12-6-7-20-14(12)15(19)18-13/h6-7,10-11,16H,2-5,8-9H2,1H3,(H,17,18,19). The zero-order valence-electron chi connectivity index (χ0n) is 11.8. The van der Waals surface area contributed by atoms with Crippen LogP contribution in [0.5, 0.6) is 0 Å². The average Bonchev–Trinajstić information content (AvgIpc) is 2.90. The Morgan fingerprint density at radius 2 is 2.30 bits per heavy atom. The molecule has 0 aromatic carbocycles. The molecule has 3 rings (SSSR count). The largest absolute Gasteiger partial charge is 0.310 e. The van der Waals surface area contributed by atoms with Gasteiger partial charge in [-0.25, -0.2) is 4.98 Å². The van der Waals surface area contributed by atoms with Crippen LogP contribution < -0.4 is 10.9 Å². The first-order valence-corrected chi connectivity index (χ1v) is 8.29. The molecule has 2 aromatic heterocycles. The number of H-pyrrole nitrogens is 1. The van der Waals surface area contributed by atoms with Crippen molar-refractivity contribution in [2.24, 2.45) is 11.8 Å². The number of nitrogens with zero attached hydrogens (tertiary/aromatic N) is 1. The van der Waals surface area contributed by atoms with E-state index >= 15 is 0 Å². The first-order chi connectivity index (χ1) is 9.74. The van der Waals surface area contributed by atoms with Crippen molar-refractivity contribution in [1.82, 2.24) is 15.3 Å². The lowest BCUT2D eigenvalue weighted by Crippen LogP contribution is -2.30. The van der Waals surface area contributed by atoms with Gasteiger partial charge in [-0.2, -0.15) is 0 Å². The van der Waals surface area contributed by atoms with Gasteiger partial charge in [-0.15, -0.1) is 11.3 Å². The summed E-state index contributed by atoms with van der Waals surface area (Å²) < 4.78 is 0.717. The van der Waals surface area contributed by atoms with Gasteiger partial charge < -0.3 is 10.3 Å². The molecular weight excluding hydrogens is 270 g/mol. The van der Waals surface area contributed by atoms with Crippen molar-refractivity contribution in [3.63, 3.8) is 0 Å². The quantitative estimate of drug-likeness (QED) is 0.910. The number of hydrogen-bond donors (Lipinski definition) is 2. The molecular formula is C15H21N3OS. The zero-order valence-corrected chi connectivity index (χ0v) is 12.6. The fourth-order valence-corrected chi connectivity index (χ4v) is 3.80. The van der Waals surface area contributed by atoms with Crippen molar-refractivity contribution in [3.05, 3.63) is 27.6 Å². The maximum absolute atomic E-state index is 11.9. The maximum atomic E-state index is 11.9. The number of aromatic nitrogens is 2. The summed E-state index contributed by atoms with van der Waals surface area (Å²) in [6.07, 6.45) is 5.40. The predicted molar refractivity (Wildman–Crippen MR) is 83.1 cm³/mol. The lowest BCUT2D eigenvalue weighted by molar-refractivity contribution is 0.247. The molecule has 0 spiro atoms. The first kappa shape index (κ1) is 13.8. The van der Waals surface area contributed by atoms with E-state index in [1.165, 1.54) is 37.0 Å². The minimum absolute atomic E-state index is 0.0205. The molecule has 2 unspecified atom stereocenters. The van der Waals surface area contributed by atoms with Gasteiger partial charge in [0, 0.05) is 0 Å². The van der Waals surface area contributed by atoms with E-state index in [0.717, 1.165) is 34.4 Å². The Bertz CT molecular complexity index is 633. The maximum Gasteiger partial charge on any atom is 0.268 e. The molecule has 2 heterocycles. The van der Waals surface area contributed by atoms with Crippen LogP contribution in [0.3, 0.4) is 0 Å². The van der Waals surface area contributed by atoms with E-state index in [-0.39, 0.29) is 5.56 Å². The molecule has 2 atom stereocenters. The topological polar surface area (TPSA) is 57.8 Å². The highest BCUT2D eigenvalue weighted by molar-refractivity contribution is 7.17. The average molecular weight is 291 g/mol. The molecule has 1 aliphatic carbocycles. The molecule has 1 aliphatic rings. The molecule has 4 nitrogen and oxygen atoms in total. The third-order valence-corrected chi connectivity index (χ3v) is 5.25. The second-order valence-corrected chi connectivity index (χ2v) is 6.72. The summed E-state index contributed by atoms with van der Waals surface area (Å²) in [6, 6.07) is 1.90. The van der Waals surface area contributed by atoms with Gasteiger partial charge >= 0.3 is 0 Å². The van der Waals surface area contributed by atoms with Crippen molar-refractivity contribution >= 4 is 21.6 Å². The summed E-state index contributed by atoms with van der Waals surface area (Å²) in [5.41, 5.74) is 0.786. The lowest BCUT2D eigenvalue weighted by atomic mass is 9.80. The molecule has 108 valence electrons. The van der Waals surface area contributed by atoms with Crippen LogP contribution in [0.25, 0.3) is 10.2 Å². The van der Waals surface area contributed by atoms with Crippen molar-refractivity contribution in [3.8, 4) is 0 Å². The monoisotopic (exact) mass is 291 g/mol. The Morgan fingerprint density at radius 1 is 1.45 bits per heavy atom. The minimum Gasteiger partial charge on any atom is -0.310 e. The first-order valence-electron chi connectivity index (χ1n) is 7.41. The summed E-state index contributed by atoms with van der Waals surface area (Å²) in [7, 11) is 0. The van der Waals surface area contributed by atoms with Gasteiger partial charge in [0.1, 0.15) is 10.5 Å². The molecule has 0 saturated heterocycles. The third kappa shape index (κ3) is 2.94. The van der Waals surface area contributed by atoms with E-state index < -0.39 is 0 Å². The molecule has 1 fully saturated rings. The summed E-state index contributed by atoms with van der Waals surface area (Å²) in [4.78, 5) is 19.2. The molecule has 5 heteroatoms. The van der Waals surface area contributed by atoms with Crippen LogP contribution in [0.2, 0.25) is 0 Å². The van der Waals surface area contributed by atoms with E-state index in [0.29, 0.717) is 6.54 Å². The SMILES string of the molecule is CC1CCCCC1CNCc1nc2ccsc2c(=O)[nH]1. The number of rotatable bonds is 4. The van der Waals surface area contributed by atoms with Gasteiger partial charge in [-0.05, 0) is 36.2 Å². The smallest absolute Gasteiger partial charge is 0.268 e. The fourth-order valence-electron chi connectivity index (χ4n) is 3.08. The van der Waals surface area contributed by atoms with Crippen LogP contribution in [-0.4, -0.2) is 16.5 Å². The molecule has 0 bridgehead atoms. The third-order valence-electron chi connectivity index (χ3n) is 4.35. The summed E-state index contributed by atoms with van der Waals surface area (Å²) in [6.45, 7) is 4.01. The number of thiophene rings is 1. The van der Waals surface area contributed by atoms with Crippen LogP contribution >= 0.6 is 11.3 Å². The van der Waals surface area contributed by atoms with Crippen LogP contribution in [0.1, 0.15) is 38.4 Å². The fraction of sp³-hybridized carbons (Fsp3) is 0.600. The van der Waals surface area contributed by atoms with Crippen LogP contribution in [0, 0.1) is 11.8 Å². The van der Waals surface area contributed by atoms with Crippen LogP contribution in [0.4, 0.5) is 0 Å². The van der Waals surface area contributed by atoms with E-state index in [2.05, 4.69) is 22.2 Å². The van der Waals surface area contributed by atoms with Crippen molar-refractivity contribution < 1.29 is 0 Å². The van der Waals surface area contributed by atoms with E-state index in [1.807, 2.05) is 11.4 Å². The van der Waals surface area contributed by atoms with Crippen LogP contribution in [0.15, 0.2) is 16.2 Å². The molecule has 1 saturated carbocycles. The summed E-state index contributed by atoms with van der Waals surface area (Å²) in [5.74, 6) is 2.31. The Labute approximate surface area is 122 Å². The van der Waals surface area contributed by atoms with Gasteiger partial charge in [0.05, 0.1) is 12.1 Å². The second kappa shape index (κ2) is 6.06. The predicted octanol–water partition coefficient (Wildman–Crippen LogP) is 2.90. The van der Waals surface area contributed by atoms with E-state index in [1.54, 1.807) is 0 Å². The van der Waals surface area contributed by atoms with Gasteiger partial charge in [0.2, 0.25) is 0 Å². The highest BCUT2D eigenvalue weighted by Crippen LogP contribution is 2.28. The van der Waals surface area contributed by atoms with Crippen molar-refractivity contribution in [1.29, 1.82) is 0 Å². The van der Waals surface area contributed by atoms with E-state index in [9.17, 15) is 4.79 Å². The molecule has 0 radical (unpaired) electrons. The molecule has 2 N–H and O–H groups in total. The molecule has 0 amide bonds. The van der Waals surface area contributed by atoms with Gasteiger partial charge in [0.15, 0.2) is 0 Å². The summed E-state index contributed by atoms with van der Waals surface area (Å²) in [5, 5.41) is 5.37. The van der Waals surface area contributed by atoms with Crippen molar-refractivity contribution in [2.75, 3.05) is 6.54 Å². The normalized spacial score (nSPS) is 23.2. The highest BCUT2D eigenvalue weighted by Gasteiger charge is 2.20. The zero-order chi connectivity index (χ0) is 13.9. The number of fused-ring (bicyclic) bond motifs is 1. The molecule has 2 aromatic rings. The number of aromatic amines is 1. The summed E-state index contributed by atoms with van der Waals surface area (Å²) >= 11 is 1.44. The molecule has 0 aliphatic heterocycles. The Kier molecular flexibility index (Phi) is 4.17.